The van der Waals surface area contributed by atoms with Crippen molar-refractivity contribution in [3.63, 3.8) is 0 Å². The first kappa shape index (κ1) is 15.3. The zero-order valence-corrected chi connectivity index (χ0v) is 12.9. The van der Waals surface area contributed by atoms with Crippen molar-refractivity contribution in [2.45, 2.75) is 13.3 Å². The summed E-state index contributed by atoms with van der Waals surface area (Å²) < 4.78 is 6.76. The van der Waals surface area contributed by atoms with Crippen molar-refractivity contribution in [2.75, 3.05) is 7.11 Å². The fourth-order valence-corrected chi connectivity index (χ4v) is 2.44. The first-order valence-corrected chi connectivity index (χ1v) is 6.84. The molecule has 0 N–H and O–H groups in total. The van der Waals surface area contributed by atoms with Gasteiger partial charge in [-0.15, -0.1) is 0 Å². The number of rotatable bonds is 4. The van der Waals surface area contributed by atoms with Gasteiger partial charge < -0.3 is 9.30 Å². The molecule has 1 aromatic heterocycles. The number of pyridine rings is 1. The Morgan fingerprint density at radius 1 is 1.29 bits per heavy atom. The van der Waals surface area contributed by atoms with Crippen LogP contribution < -0.4 is 10.3 Å². The Hall–Kier alpha value is -2.07. The van der Waals surface area contributed by atoms with E-state index < -0.39 is 5.24 Å². The Balaban J connectivity index is 2.50. The fourth-order valence-electron chi connectivity index (χ4n) is 2.30. The summed E-state index contributed by atoms with van der Waals surface area (Å²) in [6.45, 7) is 1.95. The molecule has 1 aromatic carbocycles. The number of carbonyl (C=O) groups excluding carboxylic acids is 1. The molecule has 0 saturated heterocycles. The van der Waals surface area contributed by atoms with Crippen LogP contribution in [-0.4, -0.2) is 16.9 Å². The zero-order valence-electron chi connectivity index (χ0n) is 12.1. The van der Waals surface area contributed by atoms with Crippen LogP contribution in [0.2, 0.25) is 0 Å². The third-order valence-corrected chi connectivity index (χ3v) is 3.54. The van der Waals surface area contributed by atoms with Crippen molar-refractivity contribution in [1.29, 1.82) is 0 Å². The number of hydrogen-bond donors (Lipinski definition) is 0. The van der Waals surface area contributed by atoms with Crippen LogP contribution in [0.4, 0.5) is 0 Å². The number of hydrogen-bond acceptors (Lipinski definition) is 3. The number of aromatic nitrogens is 1. The summed E-state index contributed by atoms with van der Waals surface area (Å²) in [5, 5.41) is -0.542. The second-order valence-electron chi connectivity index (χ2n) is 4.82. The van der Waals surface area contributed by atoms with Crippen molar-refractivity contribution in [2.24, 2.45) is 7.05 Å². The van der Waals surface area contributed by atoms with E-state index in [0.717, 1.165) is 22.6 Å². The van der Waals surface area contributed by atoms with Crippen molar-refractivity contribution < 1.29 is 9.53 Å². The molecule has 5 heteroatoms. The van der Waals surface area contributed by atoms with Crippen LogP contribution in [0, 0.1) is 6.92 Å². The summed E-state index contributed by atoms with van der Waals surface area (Å²) in [6, 6.07) is 9.19. The lowest BCUT2D eigenvalue weighted by atomic mass is 10.1. The number of carbonyl (C=O) groups is 1. The molecule has 0 aliphatic rings. The Morgan fingerprint density at radius 3 is 2.57 bits per heavy atom. The molecular formula is C16H16ClNO3. The van der Waals surface area contributed by atoms with E-state index in [1.807, 2.05) is 31.2 Å². The van der Waals surface area contributed by atoms with Gasteiger partial charge in [-0.3, -0.25) is 9.59 Å². The maximum Gasteiger partial charge on any atom is 0.254 e. The van der Waals surface area contributed by atoms with Gasteiger partial charge in [0.2, 0.25) is 5.24 Å². The molecule has 0 unspecified atom stereocenters. The van der Waals surface area contributed by atoms with Crippen LogP contribution >= 0.6 is 11.6 Å². The smallest absolute Gasteiger partial charge is 0.254 e. The van der Waals surface area contributed by atoms with Crippen LogP contribution in [-0.2, 0) is 18.3 Å². The van der Waals surface area contributed by atoms with Gasteiger partial charge in [-0.1, -0.05) is 6.07 Å². The van der Waals surface area contributed by atoms with E-state index in [4.69, 9.17) is 16.3 Å². The molecule has 2 rings (SSSR count). The second kappa shape index (κ2) is 6.14. The molecule has 0 spiro atoms. The van der Waals surface area contributed by atoms with Gasteiger partial charge in [-0.25, -0.2) is 0 Å². The van der Waals surface area contributed by atoms with Gasteiger partial charge in [0.25, 0.3) is 5.56 Å². The summed E-state index contributed by atoms with van der Waals surface area (Å²) in [4.78, 5) is 23.2. The molecule has 0 bridgehead atoms. The topological polar surface area (TPSA) is 48.3 Å². The highest BCUT2D eigenvalue weighted by atomic mass is 35.5. The highest BCUT2D eigenvalue weighted by molar-refractivity contribution is 6.63. The van der Waals surface area contributed by atoms with E-state index in [9.17, 15) is 9.59 Å². The van der Waals surface area contributed by atoms with Crippen LogP contribution in [0.3, 0.4) is 0 Å². The summed E-state index contributed by atoms with van der Waals surface area (Å²) in [6.07, 6.45) is -0.0594. The van der Waals surface area contributed by atoms with E-state index in [1.165, 1.54) is 4.57 Å². The lowest BCUT2D eigenvalue weighted by Gasteiger charge is -2.12. The molecule has 0 atom stereocenters. The molecule has 110 valence electrons. The lowest BCUT2D eigenvalue weighted by molar-refractivity contribution is -0.111. The molecule has 0 aliphatic heterocycles. The third-order valence-electron chi connectivity index (χ3n) is 3.40. The van der Waals surface area contributed by atoms with Gasteiger partial charge in [-0.05, 0) is 53.9 Å². The highest BCUT2D eigenvalue weighted by Gasteiger charge is 2.11. The van der Waals surface area contributed by atoms with Gasteiger partial charge in [0.1, 0.15) is 5.75 Å². The number of nitrogens with zero attached hydrogens (tertiary/aromatic N) is 1. The van der Waals surface area contributed by atoms with Crippen LogP contribution in [0.1, 0.15) is 11.1 Å². The molecular weight excluding hydrogens is 290 g/mol. The summed E-state index contributed by atoms with van der Waals surface area (Å²) in [5.41, 5.74) is 2.86. The van der Waals surface area contributed by atoms with Crippen molar-refractivity contribution in [1.82, 2.24) is 4.57 Å². The average Bonchev–Trinajstić information content (AvgIpc) is 2.43. The fraction of sp³-hybridized carbons (Fsp3) is 0.250. The summed E-state index contributed by atoms with van der Waals surface area (Å²) in [5.74, 6) is 0.799. The molecule has 21 heavy (non-hydrogen) atoms. The standard InChI is InChI=1S/C16H16ClNO3/c1-10-8-11(5-7-14(10)21-3)13-6-4-12(9-15(17)19)16(20)18(13)2/h4-8H,9H2,1-3H3. The maximum absolute atomic E-state index is 12.2. The zero-order chi connectivity index (χ0) is 15.6. The monoisotopic (exact) mass is 305 g/mol. The Labute approximate surface area is 127 Å². The lowest BCUT2D eigenvalue weighted by Crippen LogP contribution is -2.23. The van der Waals surface area contributed by atoms with Crippen LogP contribution in [0.25, 0.3) is 11.3 Å². The van der Waals surface area contributed by atoms with E-state index >= 15 is 0 Å². The average molecular weight is 306 g/mol. The van der Waals surface area contributed by atoms with Gasteiger partial charge in [-0.2, -0.15) is 0 Å². The van der Waals surface area contributed by atoms with E-state index in [0.29, 0.717) is 5.56 Å². The SMILES string of the molecule is COc1ccc(-c2ccc(CC(=O)Cl)c(=O)n2C)cc1C. The number of benzene rings is 1. The van der Waals surface area contributed by atoms with Crippen LogP contribution in [0.5, 0.6) is 5.75 Å². The first-order valence-electron chi connectivity index (χ1n) is 6.46. The number of halogens is 1. The molecule has 1 heterocycles. The predicted octanol–water partition coefficient (Wildman–Crippen LogP) is 2.68. The molecule has 0 aliphatic carbocycles. The van der Waals surface area contributed by atoms with E-state index in [-0.39, 0.29) is 12.0 Å². The predicted molar refractivity (Wildman–Crippen MR) is 83.0 cm³/mol. The summed E-state index contributed by atoms with van der Waals surface area (Å²) in [7, 11) is 3.30. The summed E-state index contributed by atoms with van der Waals surface area (Å²) >= 11 is 5.35. The quantitative estimate of drug-likeness (QED) is 0.816. The second-order valence-corrected chi connectivity index (χ2v) is 5.25. The Morgan fingerprint density at radius 2 is 2.00 bits per heavy atom. The van der Waals surface area contributed by atoms with Crippen molar-refractivity contribution >= 4 is 16.8 Å². The number of aryl methyl sites for hydroxylation is 1. The normalized spacial score (nSPS) is 10.5. The van der Waals surface area contributed by atoms with Gasteiger partial charge in [0.05, 0.1) is 19.2 Å². The van der Waals surface area contributed by atoms with Crippen molar-refractivity contribution in [3.05, 3.63) is 51.8 Å². The largest absolute Gasteiger partial charge is 0.496 e. The molecule has 4 nitrogen and oxygen atoms in total. The minimum Gasteiger partial charge on any atom is -0.496 e. The molecule has 0 saturated carbocycles. The Bertz CT molecular complexity index is 750. The minimum absolute atomic E-state index is 0.0594. The van der Waals surface area contributed by atoms with Crippen molar-refractivity contribution in [3.8, 4) is 17.0 Å². The minimum atomic E-state index is -0.542. The highest BCUT2D eigenvalue weighted by Crippen LogP contribution is 2.25. The number of methoxy groups -OCH3 is 1. The third kappa shape index (κ3) is 3.16. The molecule has 2 aromatic rings. The Kier molecular flexibility index (Phi) is 4.48. The van der Waals surface area contributed by atoms with Gasteiger partial charge in [0, 0.05) is 12.6 Å². The van der Waals surface area contributed by atoms with Gasteiger partial charge in [0.15, 0.2) is 0 Å². The molecule has 0 radical (unpaired) electrons. The first-order chi connectivity index (χ1) is 9.93. The van der Waals surface area contributed by atoms with E-state index in [1.54, 1.807) is 20.2 Å². The maximum atomic E-state index is 12.2. The molecule has 0 fully saturated rings. The van der Waals surface area contributed by atoms with E-state index in [2.05, 4.69) is 0 Å². The van der Waals surface area contributed by atoms with Crippen LogP contribution in [0.15, 0.2) is 35.1 Å². The molecule has 0 amide bonds. The number of ether oxygens (including phenoxy) is 1. The van der Waals surface area contributed by atoms with Gasteiger partial charge >= 0.3 is 0 Å².